The third kappa shape index (κ3) is 3.25. The molecule has 0 fully saturated rings. The molecule has 1 aromatic carbocycles. The molecule has 5 heteroatoms. The quantitative estimate of drug-likeness (QED) is 0.785. The average molecular weight is 257 g/mol. The fraction of sp³-hybridized carbons (Fsp3) is 0.500. The second-order valence-corrected chi connectivity index (χ2v) is 4.33. The van der Waals surface area contributed by atoms with E-state index in [1.165, 1.54) is 0 Å². The van der Waals surface area contributed by atoms with Crippen LogP contribution in [0.4, 0.5) is 0 Å². The Balaban J connectivity index is 2.01. The van der Waals surface area contributed by atoms with Gasteiger partial charge in [0.1, 0.15) is 13.2 Å². The fourth-order valence-electron chi connectivity index (χ4n) is 1.73. The van der Waals surface area contributed by atoms with Gasteiger partial charge in [0.2, 0.25) is 0 Å². The lowest BCUT2D eigenvalue weighted by Gasteiger charge is -2.20. The minimum atomic E-state index is 0.556. The van der Waals surface area contributed by atoms with Crippen LogP contribution in [-0.2, 0) is 6.54 Å². The van der Waals surface area contributed by atoms with Crippen molar-refractivity contribution in [3.8, 4) is 11.5 Å². The van der Waals surface area contributed by atoms with Crippen LogP contribution in [-0.4, -0.2) is 26.3 Å². The zero-order valence-electron chi connectivity index (χ0n) is 9.67. The first kappa shape index (κ1) is 12.5. The standard InChI is InChI=1S/C12H17ClN2O2/c13-10-6-9(8-15-3-1-2-14)7-11-12(10)17-5-4-16-11/h6-7,15H,1-5,8,14H2. The zero-order valence-corrected chi connectivity index (χ0v) is 10.4. The smallest absolute Gasteiger partial charge is 0.179 e. The van der Waals surface area contributed by atoms with Crippen LogP contribution in [0.2, 0.25) is 5.02 Å². The molecule has 0 saturated heterocycles. The summed E-state index contributed by atoms with van der Waals surface area (Å²) in [4.78, 5) is 0. The van der Waals surface area contributed by atoms with Crippen molar-refractivity contribution < 1.29 is 9.47 Å². The van der Waals surface area contributed by atoms with Crippen molar-refractivity contribution in [1.29, 1.82) is 0 Å². The Morgan fingerprint density at radius 2 is 2.12 bits per heavy atom. The van der Waals surface area contributed by atoms with Crippen LogP contribution >= 0.6 is 11.6 Å². The van der Waals surface area contributed by atoms with Crippen molar-refractivity contribution in [2.24, 2.45) is 5.73 Å². The number of benzene rings is 1. The summed E-state index contributed by atoms with van der Waals surface area (Å²) >= 11 is 6.13. The van der Waals surface area contributed by atoms with E-state index in [-0.39, 0.29) is 0 Å². The molecule has 0 aliphatic carbocycles. The van der Waals surface area contributed by atoms with E-state index < -0.39 is 0 Å². The minimum Gasteiger partial charge on any atom is -0.486 e. The summed E-state index contributed by atoms with van der Waals surface area (Å²) < 4.78 is 11.0. The lowest BCUT2D eigenvalue weighted by Crippen LogP contribution is -2.19. The molecule has 0 saturated carbocycles. The van der Waals surface area contributed by atoms with Gasteiger partial charge in [0.25, 0.3) is 0 Å². The third-order valence-corrected chi connectivity index (χ3v) is 2.82. The number of nitrogens with two attached hydrogens (primary N) is 1. The van der Waals surface area contributed by atoms with Gasteiger partial charge in [-0.15, -0.1) is 0 Å². The van der Waals surface area contributed by atoms with E-state index in [0.29, 0.717) is 30.5 Å². The highest BCUT2D eigenvalue weighted by Crippen LogP contribution is 2.38. The van der Waals surface area contributed by atoms with Gasteiger partial charge in [0.15, 0.2) is 11.5 Å². The van der Waals surface area contributed by atoms with E-state index in [2.05, 4.69) is 5.32 Å². The lowest BCUT2D eigenvalue weighted by atomic mass is 10.2. The highest BCUT2D eigenvalue weighted by molar-refractivity contribution is 6.32. The molecule has 3 N–H and O–H groups in total. The van der Waals surface area contributed by atoms with Crippen molar-refractivity contribution in [3.63, 3.8) is 0 Å². The van der Waals surface area contributed by atoms with Crippen molar-refractivity contribution >= 4 is 11.6 Å². The second kappa shape index (κ2) is 6.10. The number of hydrogen-bond acceptors (Lipinski definition) is 4. The molecule has 0 spiro atoms. The Kier molecular flexibility index (Phi) is 4.48. The number of rotatable bonds is 5. The summed E-state index contributed by atoms with van der Waals surface area (Å²) in [5, 5.41) is 3.91. The Bertz CT molecular complexity index is 385. The monoisotopic (exact) mass is 256 g/mol. The summed E-state index contributed by atoms with van der Waals surface area (Å²) in [6, 6.07) is 3.88. The molecule has 0 bridgehead atoms. The molecule has 0 radical (unpaired) electrons. The molecule has 4 nitrogen and oxygen atoms in total. The molecule has 0 aromatic heterocycles. The topological polar surface area (TPSA) is 56.5 Å². The molecular weight excluding hydrogens is 240 g/mol. The van der Waals surface area contributed by atoms with Crippen LogP contribution in [0, 0.1) is 0 Å². The maximum absolute atomic E-state index is 6.13. The van der Waals surface area contributed by atoms with E-state index >= 15 is 0 Å². The molecular formula is C12H17ClN2O2. The summed E-state index contributed by atoms with van der Waals surface area (Å²) in [6.45, 7) is 3.50. The minimum absolute atomic E-state index is 0.556. The Labute approximate surface area is 106 Å². The molecule has 0 unspecified atom stereocenters. The van der Waals surface area contributed by atoms with E-state index in [9.17, 15) is 0 Å². The van der Waals surface area contributed by atoms with Gasteiger partial charge in [-0.05, 0) is 37.2 Å². The first-order chi connectivity index (χ1) is 8.31. The van der Waals surface area contributed by atoms with Gasteiger partial charge >= 0.3 is 0 Å². The van der Waals surface area contributed by atoms with Gasteiger partial charge in [0, 0.05) is 6.54 Å². The first-order valence-electron chi connectivity index (χ1n) is 5.80. The molecule has 94 valence electrons. The van der Waals surface area contributed by atoms with E-state index in [4.69, 9.17) is 26.8 Å². The SMILES string of the molecule is NCCCNCc1cc(Cl)c2c(c1)OCCO2. The van der Waals surface area contributed by atoms with Crippen molar-refractivity contribution in [2.45, 2.75) is 13.0 Å². The number of ether oxygens (including phenoxy) is 2. The predicted molar refractivity (Wildman–Crippen MR) is 67.8 cm³/mol. The Morgan fingerprint density at radius 1 is 1.29 bits per heavy atom. The highest BCUT2D eigenvalue weighted by Gasteiger charge is 2.16. The van der Waals surface area contributed by atoms with Gasteiger partial charge in [-0.25, -0.2) is 0 Å². The number of hydrogen-bond donors (Lipinski definition) is 2. The van der Waals surface area contributed by atoms with Gasteiger partial charge in [-0.1, -0.05) is 11.6 Å². The first-order valence-corrected chi connectivity index (χ1v) is 6.18. The molecule has 1 aliphatic heterocycles. The summed E-state index contributed by atoms with van der Waals surface area (Å²) in [6.07, 6.45) is 0.971. The zero-order chi connectivity index (χ0) is 12.1. The van der Waals surface area contributed by atoms with Crippen molar-refractivity contribution in [3.05, 3.63) is 22.7 Å². The van der Waals surface area contributed by atoms with Crippen molar-refractivity contribution in [1.82, 2.24) is 5.32 Å². The maximum atomic E-state index is 6.13. The largest absolute Gasteiger partial charge is 0.486 e. The summed E-state index contributed by atoms with van der Waals surface area (Å²) in [5.74, 6) is 1.39. The molecule has 1 aliphatic rings. The highest BCUT2D eigenvalue weighted by atomic mass is 35.5. The van der Waals surface area contributed by atoms with E-state index in [1.54, 1.807) is 0 Å². The Hall–Kier alpha value is -0.970. The molecule has 1 heterocycles. The lowest BCUT2D eigenvalue weighted by molar-refractivity contribution is 0.171. The van der Waals surface area contributed by atoms with Crippen LogP contribution in [0.25, 0.3) is 0 Å². The molecule has 2 rings (SSSR count). The van der Waals surface area contributed by atoms with Gasteiger partial charge in [0.05, 0.1) is 5.02 Å². The summed E-state index contributed by atoms with van der Waals surface area (Å²) in [5.41, 5.74) is 6.52. The van der Waals surface area contributed by atoms with E-state index in [1.807, 2.05) is 12.1 Å². The second-order valence-electron chi connectivity index (χ2n) is 3.92. The van der Waals surface area contributed by atoms with Crippen LogP contribution < -0.4 is 20.5 Å². The van der Waals surface area contributed by atoms with Gasteiger partial charge < -0.3 is 20.5 Å². The number of nitrogens with one attached hydrogen (secondary N) is 1. The van der Waals surface area contributed by atoms with Crippen LogP contribution in [0.1, 0.15) is 12.0 Å². The fourth-order valence-corrected chi connectivity index (χ4v) is 2.01. The molecule has 17 heavy (non-hydrogen) atoms. The van der Waals surface area contributed by atoms with Gasteiger partial charge in [-0.2, -0.15) is 0 Å². The molecule has 0 atom stereocenters. The van der Waals surface area contributed by atoms with Crippen LogP contribution in [0.3, 0.4) is 0 Å². The molecule has 1 aromatic rings. The van der Waals surface area contributed by atoms with Gasteiger partial charge in [-0.3, -0.25) is 0 Å². The van der Waals surface area contributed by atoms with Crippen molar-refractivity contribution in [2.75, 3.05) is 26.3 Å². The normalized spacial score (nSPS) is 13.8. The third-order valence-electron chi connectivity index (χ3n) is 2.54. The summed E-state index contributed by atoms with van der Waals surface area (Å²) in [7, 11) is 0. The Morgan fingerprint density at radius 3 is 2.94 bits per heavy atom. The number of halogens is 1. The maximum Gasteiger partial charge on any atom is 0.179 e. The number of fused-ring (bicyclic) bond motifs is 1. The molecule has 0 amide bonds. The van der Waals surface area contributed by atoms with Crippen LogP contribution in [0.15, 0.2) is 12.1 Å². The van der Waals surface area contributed by atoms with E-state index in [0.717, 1.165) is 30.8 Å². The predicted octanol–water partition coefficient (Wildman–Crippen LogP) is 1.55. The average Bonchev–Trinajstić information content (AvgIpc) is 2.35. The van der Waals surface area contributed by atoms with Crippen LogP contribution in [0.5, 0.6) is 11.5 Å².